The summed E-state index contributed by atoms with van der Waals surface area (Å²) in [5, 5.41) is 0. The highest BCUT2D eigenvalue weighted by molar-refractivity contribution is 7.99. The maximum absolute atomic E-state index is 6.62. The molecule has 4 nitrogen and oxygen atoms in total. The van der Waals surface area contributed by atoms with Crippen LogP contribution in [-0.2, 0) is 18.0 Å². The lowest BCUT2D eigenvalue weighted by molar-refractivity contribution is 0.0262. The van der Waals surface area contributed by atoms with Gasteiger partial charge in [-0.15, -0.1) is 11.8 Å². The molecule has 6 rings (SSSR count). The summed E-state index contributed by atoms with van der Waals surface area (Å²) in [6.07, 6.45) is 0.0208. The number of fused-ring (bicyclic) bond motifs is 9. The Kier molecular flexibility index (Phi) is 4.67. The van der Waals surface area contributed by atoms with E-state index in [1.807, 2.05) is 23.9 Å². The van der Waals surface area contributed by atoms with Gasteiger partial charge in [-0.1, -0.05) is 54.6 Å². The van der Waals surface area contributed by atoms with Crippen LogP contribution in [0.4, 0.5) is 0 Å². The SMILES string of the molecule is c1cc2cc(c1)COc1ccccc1[C@H]1[C@H](O[C@@H]3CSCN31)c1ccccc1OC2. The topological polar surface area (TPSA) is 30.9 Å². The Hall–Kier alpha value is -2.47. The van der Waals surface area contributed by atoms with Crippen molar-refractivity contribution in [2.24, 2.45) is 0 Å². The maximum atomic E-state index is 6.62. The molecule has 0 aromatic heterocycles. The molecule has 0 spiro atoms. The normalized spacial score (nSPS) is 25.3. The third-order valence-corrected chi connectivity index (χ3v) is 7.06. The van der Waals surface area contributed by atoms with Crippen LogP contribution < -0.4 is 9.47 Å². The van der Waals surface area contributed by atoms with Gasteiger partial charge < -0.3 is 14.2 Å². The molecular formula is C25H23NO3S. The highest BCUT2D eigenvalue weighted by Crippen LogP contribution is 2.52. The predicted octanol–water partition coefficient (Wildman–Crippen LogP) is 5.30. The highest BCUT2D eigenvalue weighted by atomic mass is 32.2. The molecule has 3 aromatic rings. The molecule has 0 N–H and O–H groups in total. The van der Waals surface area contributed by atoms with Gasteiger partial charge in [0.15, 0.2) is 0 Å². The molecule has 152 valence electrons. The van der Waals surface area contributed by atoms with E-state index in [0.29, 0.717) is 13.2 Å². The lowest BCUT2D eigenvalue weighted by atomic mass is 9.94. The fourth-order valence-electron chi connectivity index (χ4n) is 4.65. The van der Waals surface area contributed by atoms with Crippen LogP contribution in [0.5, 0.6) is 11.5 Å². The van der Waals surface area contributed by atoms with Crippen molar-refractivity contribution in [1.29, 1.82) is 0 Å². The van der Waals surface area contributed by atoms with Crippen molar-refractivity contribution in [3.63, 3.8) is 0 Å². The molecule has 3 aliphatic heterocycles. The van der Waals surface area contributed by atoms with E-state index in [-0.39, 0.29) is 18.4 Å². The monoisotopic (exact) mass is 417 g/mol. The molecule has 2 bridgehead atoms. The first kappa shape index (κ1) is 18.3. The number of rotatable bonds is 0. The van der Waals surface area contributed by atoms with E-state index in [1.165, 1.54) is 5.56 Å². The van der Waals surface area contributed by atoms with Crippen LogP contribution in [0, 0.1) is 0 Å². The predicted molar refractivity (Wildman–Crippen MR) is 118 cm³/mol. The quantitative estimate of drug-likeness (QED) is 0.495. The van der Waals surface area contributed by atoms with Crippen molar-refractivity contribution in [2.75, 3.05) is 11.6 Å². The van der Waals surface area contributed by atoms with E-state index in [9.17, 15) is 0 Å². The average molecular weight is 418 g/mol. The molecule has 0 amide bonds. The summed E-state index contributed by atoms with van der Waals surface area (Å²) in [6, 6.07) is 25.2. The molecule has 3 atom stereocenters. The minimum atomic E-state index is -0.0966. The van der Waals surface area contributed by atoms with Gasteiger partial charge in [0.25, 0.3) is 0 Å². The standard InChI is InChI=1S/C25H23NO3S/c1-3-10-21-19(8-1)24-25(29-23-15-30-16-26(23)24)20-9-2-4-11-22(20)28-14-18-7-5-6-17(12-18)13-27-21/h1-12,23-25H,13-16H2/t23-,24+,25-/m1/s1. The number of hydrogen-bond donors (Lipinski definition) is 0. The molecule has 3 aromatic carbocycles. The van der Waals surface area contributed by atoms with Gasteiger partial charge in [0.1, 0.15) is 37.0 Å². The number of ether oxygens (including phenoxy) is 3. The number of para-hydroxylation sites is 2. The van der Waals surface area contributed by atoms with Crippen LogP contribution in [0.3, 0.4) is 0 Å². The summed E-state index contributed by atoms with van der Waals surface area (Å²) >= 11 is 1.93. The van der Waals surface area contributed by atoms with Crippen LogP contribution in [0.1, 0.15) is 34.4 Å². The van der Waals surface area contributed by atoms with E-state index in [4.69, 9.17) is 14.2 Å². The van der Waals surface area contributed by atoms with Gasteiger partial charge in [0.2, 0.25) is 0 Å². The molecular weight excluding hydrogens is 394 g/mol. The van der Waals surface area contributed by atoms with E-state index in [1.54, 1.807) is 0 Å². The summed E-state index contributed by atoms with van der Waals surface area (Å²) in [5.41, 5.74) is 4.57. The van der Waals surface area contributed by atoms with E-state index >= 15 is 0 Å². The molecule has 3 aliphatic rings. The van der Waals surface area contributed by atoms with Gasteiger partial charge in [-0.3, -0.25) is 4.90 Å². The van der Waals surface area contributed by atoms with Crippen molar-refractivity contribution in [3.05, 3.63) is 95.1 Å². The Bertz CT molecular complexity index is 1070. The Morgan fingerprint density at radius 2 is 1.43 bits per heavy atom. The van der Waals surface area contributed by atoms with Gasteiger partial charge >= 0.3 is 0 Å². The fraction of sp³-hybridized carbons (Fsp3) is 0.280. The van der Waals surface area contributed by atoms with Gasteiger partial charge in [-0.25, -0.2) is 0 Å². The number of thioether (sulfide) groups is 1. The Balaban J connectivity index is 1.51. The highest BCUT2D eigenvalue weighted by Gasteiger charge is 2.48. The smallest absolute Gasteiger partial charge is 0.125 e. The fourth-order valence-corrected chi connectivity index (χ4v) is 5.77. The second kappa shape index (κ2) is 7.65. The van der Waals surface area contributed by atoms with Crippen LogP contribution in [0.2, 0.25) is 0 Å². The Morgan fingerprint density at radius 1 is 0.767 bits per heavy atom. The van der Waals surface area contributed by atoms with Gasteiger partial charge in [-0.2, -0.15) is 0 Å². The minimum absolute atomic E-state index is 0.0924. The summed E-state index contributed by atoms with van der Waals surface area (Å²) in [4.78, 5) is 2.47. The van der Waals surface area contributed by atoms with Crippen LogP contribution in [0.25, 0.3) is 0 Å². The summed E-state index contributed by atoms with van der Waals surface area (Å²) in [7, 11) is 0. The van der Waals surface area contributed by atoms with Gasteiger partial charge in [0, 0.05) is 22.8 Å². The van der Waals surface area contributed by atoms with Crippen molar-refractivity contribution in [3.8, 4) is 11.5 Å². The zero-order valence-electron chi connectivity index (χ0n) is 16.6. The molecule has 0 saturated carbocycles. The van der Waals surface area contributed by atoms with E-state index < -0.39 is 0 Å². The molecule has 5 heteroatoms. The third kappa shape index (κ3) is 3.18. The van der Waals surface area contributed by atoms with Crippen molar-refractivity contribution < 1.29 is 14.2 Å². The molecule has 0 radical (unpaired) electrons. The number of hydrogen-bond acceptors (Lipinski definition) is 5. The largest absolute Gasteiger partial charge is 0.489 e. The lowest BCUT2D eigenvalue weighted by Crippen LogP contribution is -2.28. The van der Waals surface area contributed by atoms with Crippen LogP contribution in [-0.4, -0.2) is 22.8 Å². The van der Waals surface area contributed by atoms with Crippen LogP contribution in [0.15, 0.2) is 72.8 Å². The zero-order valence-corrected chi connectivity index (χ0v) is 17.4. The molecule has 2 fully saturated rings. The van der Waals surface area contributed by atoms with Crippen molar-refractivity contribution in [2.45, 2.75) is 31.6 Å². The van der Waals surface area contributed by atoms with Crippen molar-refractivity contribution >= 4 is 11.8 Å². The third-order valence-electron chi connectivity index (χ3n) is 6.06. The molecule has 30 heavy (non-hydrogen) atoms. The van der Waals surface area contributed by atoms with Crippen molar-refractivity contribution in [1.82, 2.24) is 4.90 Å². The zero-order chi connectivity index (χ0) is 19.9. The molecule has 3 heterocycles. The minimum Gasteiger partial charge on any atom is -0.489 e. The Morgan fingerprint density at radius 3 is 2.20 bits per heavy atom. The second-order valence-electron chi connectivity index (χ2n) is 7.94. The van der Waals surface area contributed by atoms with Crippen LogP contribution >= 0.6 is 11.8 Å². The number of benzene rings is 3. The summed E-state index contributed by atoms with van der Waals surface area (Å²) in [6.45, 7) is 1.06. The molecule has 0 aliphatic carbocycles. The molecule has 2 saturated heterocycles. The van der Waals surface area contributed by atoms with E-state index in [0.717, 1.165) is 39.8 Å². The average Bonchev–Trinajstić information content (AvgIpc) is 3.38. The lowest BCUT2D eigenvalue weighted by Gasteiger charge is -2.27. The first-order valence-corrected chi connectivity index (χ1v) is 11.5. The summed E-state index contributed by atoms with van der Waals surface area (Å²) < 4.78 is 19.3. The Labute approximate surface area is 180 Å². The first-order valence-electron chi connectivity index (χ1n) is 10.4. The first-order chi connectivity index (χ1) is 14.9. The van der Waals surface area contributed by atoms with E-state index in [2.05, 4.69) is 65.6 Å². The maximum Gasteiger partial charge on any atom is 0.125 e. The number of nitrogens with zero attached hydrogens (tertiary/aromatic N) is 1. The van der Waals surface area contributed by atoms with Gasteiger partial charge in [-0.05, 0) is 29.3 Å². The molecule has 0 unspecified atom stereocenters. The van der Waals surface area contributed by atoms with Gasteiger partial charge in [0.05, 0.1) is 6.04 Å². The summed E-state index contributed by atoms with van der Waals surface area (Å²) in [5.74, 6) is 3.77. The second-order valence-corrected chi connectivity index (χ2v) is 8.94.